The van der Waals surface area contributed by atoms with E-state index in [4.69, 9.17) is 21.1 Å². The summed E-state index contributed by atoms with van der Waals surface area (Å²) in [7, 11) is 0. The Bertz CT molecular complexity index is 1420. The molecule has 2 aromatic carbocycles. The van der Waals surface area contributed by atoms with Crippen LogP contribution in [0.15, 0.2) is 59.1 Å². The highest BCUT2D eigenvalue weighted by Crippen LogP contribution is 2.36. The quantitative estimate of drug-likeness (QED) is 0.163. The predicted octanol–water partition coefficient (Wildman–Crippen LogP) is 6.47. The molecule has 38 heavy (non-hydrogen) atoms. The second-order valence-electron chi connectivity index (χ2n) is 8.14. The average Bonchev–Trinajstić information content (AvgIpc) is 3.52. The number of nitrogens with zero attached hydrogens (tertiary/aromatic N) is 3. The summed E-state index contributed by atoms with van der Waals surface area (Å²) < 4.78 is 13.0. The predicted molar refractivity (Wildman–Crippen MR) is 151 cm³/mol. The molecule has 0 unspecified atom stereocenters. The highest BCUT2D eigenvalue weighted by Gasteiger charge is 2.23. The fraction of sp³-hybridized carbons (Fsp3) is 0.259. The lowest BCUT2D eigenvalue weighted by Gasteiger charge is -2.11. The van der Waals surface area contributed by atoms with Crippen LogP contribution in [0, 0.1) is 6.92 Å². The number of thioether (sulfide) groups is 1. The molecule has 0 radical (unpaired) electrons. The van der Waals surface area contributed by atoms with Gasteiger partial charge in [-0.1, -0.05) is 59.8 Å². The molecule has 0 atom stereocenters. The molecule has 2 heterocycles. The zero-order valence-electron chi connectivity index (χ0n) is 21.2. The van der Waals surface area contributed by atoms with Gasteiger partial charge in [-0.15, -0.1) is 21.5 Å². The normalized spacial score (nSPS) is 10.8. The SMILES string of the molecule is CCOC(=O)c1c(-c2ccccc2)csc1NC(=O)CSc1nnc(COc2cc(C)ccc2Cl)n1CC. The first-order valence-electron chi connectivity index (χ1n) is 12.0. The summed E-state index contributed by atoms with van der Waals surface area (Å²) >= 11 is 8.78. The number of hydrogen-bond donors (Lipinski definition) is 1. The van der Waals surface area contributed by atoms with Crippen LogP contribution in [0.5, 0.6) is 5.75 Å². The fourth-order valence-corrected chi connectivity index (χ4v) is 5.66. The number of rotatable bonds is 11. The highest BCUT2D eigenvalue weighted by molar-refractivity contribution is 7.99. The van der Waals surface area contributed by atoms with Crippen LogP contribution in [0.3, 0.4) is 0 Å². The first kappa shape index (κ1) is 27.7. The minimum atomic E-state index is -0.473. The third kappa shape index (κ3) is 6.56. The number of hydrogen-bond acceptors (Lipinski definition) is 8. The molecular formula is C27H27ClN4O4S2. The molecular weight excluding hydrogens is 544 g/mol. The molecule has 8 nitrogen and oxygen atoms in total. The Balaban J connectivity index is 1.43. The molecule has 4 rings (SSSR count). The molecule has 198 valence electrons. The Kier molecular flexibility index (Phi) is 9.43. The van der Waals surface area contributed by atoms with Crippen LogP contribution in [-0.2, 0) is 22.7 Å². The summed E-state index contributed by atoms with van der Waals surface area (Å²) in [6, 6.07) is 15.1. The second kappa shape index (κ2) is 12.9. The first-order chi connectivity index (χ1) is 18.4. The third-order valence-corrected chi connectivity index (χ3v) is 7.67. The largest absolute Gasteiger partial charge is 0.484 e. The number of halogens is 1. The molecule has 4 aromatic rings. The Labute approximate surface area is 234 Å². The number of aryl methyl sites for hydroxylation is 1. The van der Waals surface area contributed by atoms with E-state index < -0.39 is 5.97 Å². The van der Waals surface area contributed by atoms with Gasteiger partial charge in [0.05, 0.1) is 17.4 Å². The summed E-state index contributed by atoms with van der Waals surface area (Å²) in [6.07, 6.45) is 0. The maximum Gasteiger partial charge on any atom is 0.341 e. The van der Waals surface area contributed by atoms with Crippen molar-refractivity contribution in [2.75, 3.05) is 17.7 Å². The van der Waals surface area contributed by atoms with E-state index in [0.717, 1.165) is 16.7 Å². The Morgan fingerprint density at radius 3 is 2.66 bits per heavy atom. The van der Waals surface area contributed by atoms with Crippen molar-refractivity contribution in [1.82, 2.24) is 14.8 Å². The van der Waals surface area contributed by atoms with E-state index in [9.17, 15) is 9.59 Å². The standard InChI is InChI=1S/C27H27ClN4O4S2/c1-4-32-22(14-36-21-13-17(3)11-12-20(21)28)30-31-27(32)38-16-23(33)29-25-24(26(34)35-5-2)19(15-37-25)18-9-7-6-8-10-18/h6-13,15H,4-5,14,16H2,1-3H3,(H,29,33). The number of carbonyl (C=O) groups is 2. The van der Waals surface area contributed by atoms with Gasteiger partial charge < -0.3 is 19.4 Å². The van der Waals surface area contributed by atoms with Crippen LogP contribution in [0.4, 0.5) is 5.00 Å². The van der Waals surface area contributed by atoms with Crippen molar-refractivity contribution in [3.63, 3.8) is 0 Å². The van der Waals surface area contributed by atoms with Gasteiger partial charge in [-0.3, -0.25) is 4.79 Å². The molecule has 2 aromatic heterocycles. The van der Waals surface area contributed by atoms with Gasteiger partial charge in [-0.2, -0.15) is 0 Å². The fourth-order valence-electron chi connectivity index (χ4n) is 3.69. The second-order valence-corrected chi connectivity index (χ2v) is 10.4. The maximum atomic E-state index is 12.9. The van der Waals surface area contributed by atoms with Crippen molar-refractivity contribution in [1.29, 1.82) is 0 Å². The summed E-state index contributed by atoms with van der Waals surface area (Å²) in [4.78, 5) is 25.6. The number of benzene rings is 2. The lowest BCUT2D eigenvalue weighted by atomic mass is 10.0. The number of nitrogens with one attached hydrogen (secondary N) is 1. The molecule has 0 bridgehead atoms. The van der Waals surface area contributed by atoms with Crippen molar-refractivity contribution in [2.45, 2.75) is 39.1 Å². The van der Waals surface area contributed by atoms with Crippen LogP contribution in [0.1, 0.15) is 35.6 Å². The van der Waals surface area contributed by atoms with E-state index in [0.29, 0.717) is 38.9 Å². The molecule has 11 heteroatoms. The van der Waals surface area contributed by atoms with Gasteiger partial charge in [-0.25, -0.2) is 4.79 Å². The molecule has 1 N–H and O–H groups in total. The van der Waals surface area contributed by atoms with Crippen LogP contribution in [0.2, 0.25) is 5.02 Å². The van der Waals surface area contributed by atoms with Gasteiger partial charge in [0.1, 0.15) is 22.9 Å². The summed E-state index contributed by atoms with van der Waals surface area (Å²) in [5.41, 5.74) is 2.99. The van der Waals surface area contributed by atoms with E-state index in [-0.39, 0.29) is 24.9 Å². The van der Waals surface area contributed by atoms with Gasteiger partial charge in [0, 0.05) is 17.5 Å². The zero-order chi connectivity index (χ0) is 27.1. The van der Waals surface area contributed by atoms with E-state index >= 15 is 0 Å². The highest BCUT2D eigenvalue weighted by atomic mass is 35.5. The molecule has 0 fully saturated rings. The lowest BCUT2D eigenvalue weighted by Crippen LogP contribution is -2.17. The van der Waals surface area contributed by atoms with Gasteiger partial charge in [0.15, 0.2) is 11.0 Å². The van der Waals surface area contributed by atoms with Gasteiger partial charge in [0.2, 0.25) is 5.91 Å². The molecule has 0 aliphatic rings. The van der Waals surface area contributed by atoms with Crippen LogP contribution in [-0.4, -0.2) is 39.0 Å². The monoisotopic (exact) mass is 570 g/mol. The molecule has 0 saturated carbocycles. The summed E-state index contributed by atoms with van der Waals surface area (Å²) in [6.45, 7) is 6.72. The molecule has 0 aliphatic heterocycles. The summed E-state index contributed by atoms with van der Waals surface area (Å²) in [5.74, 6) is 0.554. The Morgan fingerprint density at radius 1 is 1.13 bits per heavy atom. The molecule has 0 spiro atoms. The molecule has 0 saturated heterocycles. The number of ether oxygens (including phenoxy) is 2. The van der Waals surface area contributed by atoms with Gasteiger partial charge in [0.25, 0.3) is 0 Å². The summed E-state index contributed by atoms with van der Waals surface area (Å²) in [5, 5.41) is 14.8. The van der Waals surface area contributed by atoms with Crippen molar-refractivity contribution in [2.24, 2.45) is 0 Å². The van der Waals surface area contributed by atoms with Gasteiger partial charge in [-0.05, 0) is 44.0 Å². The smallest absolute Gasteiger partial charge is 0.341 e. The van der Waals surface area contributed by atoms with Gasteiger partial charge >= 0.3 is 5.97 Å². The van der Waals surface area contributed by atoms with Crippen LogP contribution < -0.4 is 10.1 Å². The minimum absolute atomic E-state index is 0.0868. The van der Waals surface area contributed by atoms with E-state index in [1.54, 1.807) is 13.0 Å². The van der Waals surface area contributed by atoms with E-state index in [1.807, 2.05) is 66.3 Å². The number of carbonyl (C=O) groups excluding carboxylic acids is 2. The zero-order valence-corrected chi connectivity index (χ0v) is 23.6. The first-order valence-corrected chi connectivity index (χ1v) is 14.2. The average molecular weight is 571 g/mol. The van der Waals surface area contributed by atoms with Crippen LogP contribution >= 0.6 is 34.7 Å². The minimum Gasteiger partial charge on any atom is -0.484 e. The number of thiophene rings is 1. The van der Waals surface area contributed by atoms with Crippen molar-refractivity contribution in [3.05, 3.63) is 75.9 Å². The molecule has 1 amide bonds. The Hall–Kier alpha value is -3.34. The molecule has 0 aliphatic carbocycles. The van der Waals surface area contributed by atoms with Crippen LogP contribution in [0.25, 0.3) is 11.1 Å². The van der Waals surface area contributed by atoms with Crippen molar-refractivity contribution < 1.29 is 19.1 Å². The van der Waals surface area contributed by atoms with E-state index in [1.165, 1.54) is 23.1 Å². The third-order valence-electron chi connectivity index (χ3n) is 5.49. The number of aromatic nitrogens is 3. The number of esters is 1. The maximum absolute atomic E-state index is 12.9. The Morgan fingerprint density at radius 2 is 1.92 bits per heavy atom. The van der Waals surface area contributed by atoms with Crippen molar-refractivity contribution >= 4 is 51.6 Å². The lowest BCUT2D eigenvalue weighted by molar-refractivity contribution is -0.113. The van der Waals surface area contributed by atoms with Crippen molar-refractivity contribution in [3.8, 4) is 16.9 Å². The van der Waals surface area contributed by atoms with E-state index in [2.05, 4.69) is 15.5 Å². The topological polar surface area (TPSA) is 95.3 Å². The number of amides is 1. The number of anilines is 1.